The van der Waals surface area contributed by atoms with Crippen LogP contribution in [0.15, 0.2) is 24.3 Å². The van der Waals surface area contributed by atoms with E-state index >= 15 is 0 Å². The van der Waals surface area contributed by atoms with Crippen molar-refractivity contribution in [3.63, 3.8) is 0 Å². The van der Waals surface area contributed by atoms with Crippen LogP contribution in [-0.4, -0.2) is 17.8 Å². The van der Waals surface area contributed by atoms with E-state index in [4.69, 9.17) is 10.4 Å². The minimum atomic E-state index is -0.365. The Kier molecular flexibility index (Phi) is 3.30. The zero-order valence-electron chi connectivity index (χ0n) is 7.49. The Morgan fingerprint density at radius 3 is 2.54 bits per heavy atom. The molecule has 1 aromatic rings. The van der Waals surface area contributed by atoms with Crippen LogP contribution in [0.4, 0.5) is 5.69 Å². The number of aliphatic hydroxyl groups is 1. The second kappa shape index (κ2) is 4.48. The van der Waals surface area contributed by atoms with Gasteiger partial charge in [0.25, 0.3) is 0 Å². The van der Waals surface area contributed by atoms with Crippen molar-refractivity contribution in [2.24, 2.45) is 0 Å². The van der Waals surface area contributed by atoms with Crippen molar-refractivity contribution in [2.45, 2.75) is 13.0 Å². The van der Waals surface area contributed by atoms with Crippen LogP contribution in [0, 0.1) is 11.3 Å². The van der Waals surface area contributed by atoms with E-state index in [9.17, 15) is 0 Å². The second-order valence-electron chi connectivity index (χ2n) is 2.92. The van der Waals surface area contributed by atoms with E-state index in [0.29, 0.717) is 12.1 Å². The molecule has 0 heterocycles. The molecule has 0 bridgehead atoms. The molecule has 0 aliphatic rings. The van der Waals surface area contributed by atoms with Gasteiger partial charge < -0.3 is 10.4 Å². The number of aliphatic hydroxyl groups excluding tert-OH is 1. The summed E-state index contributed by atoms with van der Waals surface area (Å²) in [5, 5.41) is 20.6. The smallest absolute Gasteiger partial charge is 0.0991 e. The summed E-state index contributed by atoms with van der Waals surface area (Å²) in [6, 6.07) is 9.16. The van der Waals surface area contributed by atoms with Gasteiger partial charge in [-0.15, -0.1) is 0 Å². The number of nitriles is 1. The average molecular weight is 176 g/mol. The Balaban J connectivity index is 2.55. The maximum absolute atomic E-state index is 9.00. The van der Waals surface area contributed by atoms with E-state index in [2.05, 4.69) is 5.32 Å². The van der Waals surface area contributed by atoms with Gasteiger partial charge in [0, 0.05) is 12.2 Å². The molecular formula is C10H12N2O. The summed E-state index contributed by atoms with van der Waals surface area (Å²) in [6.45, 7) is 2.24. The van der Waals surface area contributed by atoms with Gasteiger partial charge in [-0.3, -0.25) is 0 Å². The van der Waals surface area contributed by atoms with Gasteiger partial charge in [-0.2, -0.15) is 5.26 Å². The summed E-state index contributed by atoms with van der Waals surface area (Å²) < 4.78 is 0. The van der Waals surface area contributed by atoms with Crippen molar-refractivity contribution in [3.05, 3.63) is 29.8 Å². The zero-order chi connectivity index (χ0) is 9.68. The van der Waals surface area contributed by atoms with Gasteiger partial charge in [0.15, 0.2) is 0 Å². The lowest BCUT2D eigenvalue weighted by Gasteiger charge is -2.07. The van der Waals surface area contributed by atoms with Gasteiger partial charge in [-0.05, 0) is 31.2 Å². The summed E-state index contributed by atoms with van der Waals surface area (Å²) in [5.74, 6) is 0. The first-order valence-electron chi connectivity index (χ1n) is 4.14. The highest BCUT2D eigenvalue weighted by atomic mass is 16.3. The molecule has 1 rings (SSSR count). The van der Waals surface area contributed by atoms with Gasteiger partial charge in [0.1, 0.15) is 0 Å². The molecule has 0 fully saturated rings. The number of hydrogen-bond donors (Lipinski definition) is 2. The standard InChI is InChI=1S/C10H12N2O/c1-8(13)7-12-10-4-2-9(6-11)3-5-10/h2-5,8,12-13H,7H2,1H3/t8-/m0/s1. The molecule has 0 unspecified atom stereocenters. The Hall–Kier alpha value is -1.53. The molecule has 0 aliphatic carbocycles. The minimum Gasteiger partial charge on any atom is -0.392 e. The SMILES string of the molecule is C[C@H](O)CNc1ccc(C#N)cc1. The first-order valence-corrected chi connectivity index (χ1v) is 4.14. The van der Waals surface area contributed by atoms with E-state index in [0.717, 1.165) is 5.69 Å². The van der Waals surface area contributed by atoms with Gasteiger partial charge in [-0.25, -0.2) is 0 Å². The molecular weight excluding hydrogens is 164 g/mol. The minimum absolute atomic E-state index is 0.365. The summed E-state index contributed by atoms with van der Waals surface area (Å²) >= 11 is 0. The molecule has 0 spiro atoms. The predicted octanol–water partition coefficient (Wildman–Crippen LogP) is 1.35. The number of rotatable bonds is 3. The number of anilines is 1. The van der Waals surface area contributed by atoms with Gasteiger partial charge in [0.05, 0.1) is 17.7 Å². The van der Waals surface area contributed by atoms with Crippen LogP contribution in [0.5, 0.6) is 0 Å². The highest BCUT2D eigenvalue weighted by Crippen LogP contribution is 2.08. The monoisotopic (exact) mass is 176 g/mol. The first kappa shape index (κ1) is 9.56. The summed E-state index contributed by atoms with van der Waals surface area (Å²) in [4.78, 5) is 0. The van der Waals surface area contributed by atoms with Crippen LogP contribution in [0.2, 0.25) is 0 Å². The highest BCUT2D eigenvalue weighted by molar-refractivity contribution is 5.47. The molecule has 0 radical (unpaired) electrons. The van der Waals surface area contributed by atoms with Crippen LogP contribution in [0.25, 0.3) is 0 Å². The predicted molar refractivity (Wildman–Crippen MR) is 51.3 cm³/mol. The quantitative estimate of drug-likeness (QED) is 0.731. The van der Waals surface area contributed by atoms with Crippen LogP contribution in [0.3, 0.4) is 0 Å². The van der Waals surface area contributed by atoms with E-state index in [1.54, 1.807) is 19.1 Å². The maximum atomic E-state index is 9.00. The fourth-order valence-corrected chi connectivity index (χ4v) is 0.928. The van der Waals surface area contributed by atoms with Gasteiger partial charge in [0.2, 0.25) is 0 Å². The third-order valence-electron chi connectivity index (χ3n) is 1.62. The fourth-order valence-electron chi connectivity index (χ4n) is 0.928. The Morgan fingerprint density at radius 2 is 2.08 bits per heavy atom. The molecule has 13 heavy (non-hydrogen) atoms. The molecule has 68 valence electrons. The summed E-state index contributed by atoms with van der Waals surface area (Å²) in [7, 11) is 0. The lowest BCUT2D eigenvalue weighted by Crippen LogP contribution is -2.15. The number of nitrogens with zero attached hydrogens (tertiary/aromatic N) is 1. The van der Waals surface area contributed by atoms with Crippen LogP contribution in [0.1, 0.15) is 12.5 Å². The maximum Gasteiger partial charge on any atom is 0.0991 e. The van der Waals surface area contributed by atoms with Crippen LogP contribution in [-0.2, 0) is 0 Å². The number of nitrogens with one attached hydrogen (secondary N) is 1. The second-order valence-corrected chi connectivity index (χ2v) is 2.92. The van der Waals surface area contributed by atoms with E-state index in [1.807, 2.05) is 18.2 Å². The third-order valence-corrected chi connectivity index (χ3v) is 1.62. The van der Waals surface area contributed by atoms with Crippen molar-refractivity contribution in [1.29, 1.82) is 5.26 Å². The molecule has 1 atom stereocenters. The first-order chi connectivity index (χ1) is 6.22. The zero-order valence-corrected chi connectivity index (χ0v) is 7.49. The van der Waals surface area contributed by atoms with Crippen molar-refractivity contribution < 1.29 is 5.11 Å². The Bertz CT molecular complexity index is 298. The highest BCUT2D eigenvalue weighted by Gasteiger charge is 1.95. The lowest BCUT2D eigenvalue weighted by atomic mass is 10.2. The molecule has 3 nitrogen and oxygen atoms in total. The topological polar surface area (TPSA) is 56.0 Å². The van der Waals surface area contributed by atoms with Gasteiger partial charge >= 0.3 is 0 Å². The number of hydrogen-bond acceptors (Lipinski definition) is 3. The average Bonchev–Trinajstić information content (AvgIpc) is 2.15. The fraction of sp³-hybridized carbons (Fsp3) is 0.300. The van der Waals surface area contributed by atoms with Crippen LogP contribution >= 0.6 is 0 Å². The van der Waals surface area contributed by atoms with E-state index < -0.39 is 0 Å². The molecule has 0 amide bonds. The molecule has 0 aliphatic heterocycles. The van der Waals surface area contributed by atoms with Crippen LogP contribution < -0.4 is 5.32 Å². The molecule has 0 aromatic heterocycles. The van der Waals surface area contributed by atoms with Crippen molar-refractivity contribution in [2.75, 3.05) is 11.9 Å². The third kappa shape index (κ3) is 3.14. The molecule has 0 saturated carbocycles. The normalized spacial score (nSPS) is 11.8. The van der Waals surface area contributed by atoms with Crippen molar-refractivity contribution in [3.8, 4) is 6.07 Å². The van der Waals surface area contributed by atoms with E-state index in [-0.39, 0.29) is 6.10 Å². The van der Waals surface area contributed by atoms with E-state index in [1.165, 1.54) is 0 Å². The molecule has 2 N–H and O–H groups in total. The van der Waals surface area contributed by atoms with Crippen molar-refractivity contribution in [1.82, 2.24) is 0 Å². The largest absolute Gasteiger partial charge is 0.392 e. The molecule has 0 saturated heterocycles. The summed E-state index contributed by atoms with van der Waals surface area (Å²) in [6.07, 6.45) is -0.365. The van der Waals surface area contributed by atoms with Gasteiger partial charge in [-0.1, -0.05) is 0 Å². The Morgan fingerprint density at radius 1 is 1.46 bits per heavy atom. The molecule has 1 aromatic carbocycles. The van der Waals surface area contributed by atoms with Crippen molar-refractivity contribution >= 4 is 5.69 Å². The number of benzene rings is 1. The Labute approximate surface area is 77.6 Å². The molecule has 3 heteroatoms. The lowest BCUT2D eigenvalue weighted by molar-refractivity contribution is 0.208. The summed E-state index contributed by atoms with van der Waals surface area (Å²) in [5.41, 5.74) is 1.56.